The van der Waals surface area contributed by atoms with Crippen LogP contribution in [0.25, 0.3) is 0 Å². The summed E-state index contributed by atoms with van der Waals surface area (Å²) in [6.07, 6.45) is 0.802. The number of hydrogen-bond donors (Lipinski definition) is 0. The Hall–Kier alpha value is -0.670. The zero-order valence-electron chi connectivity index (χ0n) is 11.5. The molecule has 0 radical (unpaired) electrons. The van der Waals surface area contributed by atoms with E-state index >= 15 is 0 Å². The molecule has 6 nitrogen and oxygen atoms in total. The van der Waals surface area contributed by atoms with Gasteiger partial charge in [-0.3, -0.25) is 4.79 Å². The summed E-state index contributed by atoms with van der Waals surface area (Å²) in [6.45, 7) is 1.66. The molecule has 0 fully saturated rings. The molecule has 0 aromatic carbocycles. The number of rotatable bonds is 10. The lowest BCUT2D eigenvalue weighted by Crippen LogP contribution is -2.12. The molecule has 0 spiro atoms. The van der Waals surface area contributed by atoms with Crippen LogP contribution in [-0.4, -0.2) is 47.9 Å². The van der Waals surface area contributed by atoms with Crippen molar-refractivity contribution in [3.8, 4) is 0 Å². The lowest BCUT2D eigenvalue weighted by molar-refractivity contribution is -0.144. The van der Waals surface area contributed by atoms with Crippen LogP contribution < -0.4 is 0 Å². The van der Waals surface area contributed by atoms with Gasteiger partial charge in [-0.15, -0.1) is 11.3 Å². The zero-order chi connectivity index (χ0) is 15.7. The van der Waals surface area contributed by atoms with Crippen LogP contribution in [0.3, 0.4) is 0 Å². The quantitative estimate of drug-likeness (QED) is 0.361. The predicted octanol–water partition coefficient (Wildman–Crippen LogP) is 1.81. The Bertz CT molecular complexity index is 540. The molecule has 9 heteroatoms. The van der Waals surface area contributed by atoms with Crippen LogP contribution in [0.2, 0.25) is 0 Å². The molecule has 0 bridgehead atoms. The third-order valence-electron chi connectivity index (χ3n) is 2.32. The van der Waals surface area contributed by atoms with E-state index in [-0.39, 0.29) is 17.2 Å². The van der Waals surface area contributed by atoms with Gasteiger partial charge < -0.3 is 14.2 Å². The van der Waals surface area contributed by atoms with E-state index < -0.39 is 15.0 Å². The minimum absolute atomic E-state index is 0.0146. The Labute approximate surface area is 132 Å². The van der Waals surface area contributed by atoms with Gasteiger partial charge in [0.25, 0.3) is 9.05 Å². The van der Waals surface area contributed by atoms with Crippen molar-refractivity contribution in [1.82, 2.24) is 0 Å². The maximum absolute atomic E-state index is 11.5. The second-order valence-electron chi connectivity index (χ2n) is 4.01. The van der Waals surface area contributed by atoms with Crippen molar-refractivity contribution in [1.29, 1.82) is 0 Å². The summed E-state index contributed by atoms with van der Waals surface area (Å²) in [5, 5.41) is 0. The van der Waals surface area contributed by atoms with E-state index in [1.54, 1.807) is 13.2 Å². The van der Waals surface area contributed by atoms with Crippen molar-refractivity contribution in [3.05, 3.63) is 17.0 Å². The number of methoxy groups -OCH3 is 1. The maximum Gasteiger partial charge on any atom is 0.311 e. The molecule has 1 aromatic rings. The lowest BCUT2D eigenvalue weighted by atomic mass is 10.3. The van der Waals surface area contributed by atoms with Crippen molar-refractivity contribution in [3.63, 3.8) is 0 Å². The molecule has 21 heavy (non-hydrogen) atoms. The molecule has 0 amide bonds. The number of carbonyl (C=O) groups excluding carboxylic acids is 1. The standard InChI is InChI=1S/C12H17ClO6S2/c1-17-5-2-6-18-7-8-19-11(14)9-10-3-4-12(20-10)21(13,15)16/h3-4H,2,5-9H2,1H3. The molecule has 120 valence electrons. The summed E-state index contributed by atoms with van der Waals surface area (Å²) >= 11 is 0.955. The number of carbonyl (C=O) groups is 1. The average molecular weight is 357 g/mol. The molecule has 0 saturated carbocycles. The first-order chi connectivity index (χ1) is 9.93. The smallest absolute Gasteiger partial charge is 0.311 e. The molecule has 1 heterocycles. The van der Waals surface area contributed by atoms with Gasteiger partial charge in [0.1, 0.15) is 10.8 Å². The molecule has 1 aromatic heterocycles. The van der Waals surface area contributed by atoms with E-state index in [0.717, 1.165) is 17.8 Å². The molecule has 0 unspecified atom stereocenters. The fourth-order valence-corrected chi connectivity index (χ4v) is 3.51. The van der Waals surface area contributed by atoms with E-state index in [9.17, 15) is 13.2 Å². The van der Waals surface area contributed by atoms with Gasteiger partial charge in [-0.1, -0.05) is 0 Å². The molecule has 0 atom stereocenters. The first kappa shape index (κ1) is 18.4. The zero-order valence-corrected chi connectivity index (χ0v) is 13.9. The highest BCUT2D eigenvalue weighted by Gasteiger charge is 2.15. The minimum Gasteiger partial charge on any atom is -0.463 e. The Balaban J connectivity index is 2.21. The molecule has 0 aliphatic heterocycles. The number of thiophene rings is 1. The van der Waals surface area contributed by atoms with Crippen LogP contribution in [0.1, 0.15) is 11.3 Å². The Morgan fingerprint density at radius 3 is 2.62 bits per heavy atom. The van der Waals surface area contributed by atoms with Crippen molar-refractivity contribution in [2.45, 2.75) is 17.1 Å². The van der Waals surface area contributed by atoms with E-state index in [1.165, 1.54) is 6.07 Å². The van der Waals surface area contributed by atoms with E-state index in [4.69, 9.17) is 24.9 Å². The largest absolute Gasteiger partial charge is 0.463 e. The van der Waals surface area contributed by atoms with Crippen molar-refractivity contribution < 1.29 is 27.4 Å². The first-order valence-corrected chi connectivity index (χ1v) is 9.31. The summed E-state index contributed by atoms with van der Waals surface area (Å²) in [5.74, 6) is -0.434. The minimum atomic E-state index is -3.74. The highest BCUT2D eigenvalue weighted by atomic mass is 35.7. The maximum atomic E-state index is 11.5. The summed E-state index contributed by atoms with van der Waals surface area (Å²) in [6, 6.07) is 2.91. The fourth-order valence-electron chi connectivity index (χ4n) is 1.40. The van der Waals surface area contributed by atoms with Gasteiger partial charge in [-0.25, -0.2) is 8.42 Å². The van der Waals surface area contributed by atoms with Gasteiger partial charge in [0.05, 0.1) is 13.0 Å². The highest BCUT2D eigenvalue weighted by molar-refractivity contribution is 8.15. The van der Waals surface area contributed by atoms with Gasteiger partial charge >= 0.3 is 5.97 Å². The third kappa shape index (κ3) is 7.77. The van der Waals surface area contributed by atoms with Gasteiger partial charge in [-0.05, 0) is 18.6 Å². The second kappa shape index (κ2) is 9.37. The fraction of sp³-hybridized carbons (Fsp3) is 0.583. The molecular weight excluding hydrogens is 340 g/mol. The third-order valence-corrected chi connectivity index (χ3v) is 5.50. The lowest BCUT2D eigenvalue weighted by Gasteiger charge is -2.05. The number of hydrogen-bond acceptors (Lipinski definition) is 7. The molecule has 0 aliphatic rings. The van der Waals surface area contributed by atoms with E-state index in [0.29, 0.717) is 24.7 Å². The molecular formula is C12H17ClO6S2. The molecule has 0 aliphatic carbocycles. The highest BCUT2D eigenvalue weighted by Crippen LogP contribution is 2.25. The SMILES string of the molecule is COCCCOCCOC(=O)Cc1ccc(S(=O)(=O)Cl)s1. The Morgan fingerprint density at radius 2 is 2.00 bits per heavy atom. The first-order valence-electron chi connectivity index (χ1n) is 6.19. The van der Waals surface area contributed by atoms with Crippen molar-refractivity contribution in [2.75, 3.05) is 33.5 Å². The monoisotopic (exact) mass is 356 g/mol. The van der Waals surface area contributed by atoms with Gasteiger partial charge in [0.15, 0.2) is 0 Å². The van der Waals surface area contributed by atoms with Crippen molar-refractivity contribution >= 4 is 37.0 Å². The normalized spacial score (nSPS) is 11.5. The Kier molecular flexibility index (Phi) is 8.20. The van der Waals surface area contributed by atoms with Crippen LogP contribution in [-0.2, 0) is 34.5 Å². The molecule has 0 N–H and O–H groups in total. The van der Waals surface area contributed by atoms with Gasteiger partial charge in [0, 0.05) is 35.9 Å². The van der Waals surface area contributed by atoms with Crippen molar-refractivity contribution in [2.24, 2.45) is 0 Å². The van der Waals surface area contributed by atoms with Crippen LogP contribution in [0, 0.1) is 0 Å². The van der Waals surface area contributed by atoms with E-state index in [2.05, 4.69) is 0 Å². The predicted molar refractivity (Wildman–Crippen MR) is 79.3 cm³/mol. The Morgan fingerprint density at radius 1 is 1.24 bits per heavy atom. The van der Waals surface area contributed by atoms with Crippen LogP contribution in [0.4, 0.5) is 0 Å². The summed E-state index contributed by atoms with van der Waals surface area (Å²) in [5.41, 5.74) is 0. The molecule has 0 saturated heterocycles. The van der Waals surface area contributed by atoms with Crippen LogP contribution in [0.15, 0.2) is 16.3 Å². The van der Waals surface area contributed by atoms with Crippen LogP contribution >= 0.6 is 22.0 Å². The molecule has 1 rings (SSSR count). The summed E-state index contributed by atoms with van der Waals surface area (Å²) in [7, 11) is 3.08. The number of esters is 1. The number of ether oxygens (including phenoxy) is 3. The van der Waals surface area contributed by atoms with E-state index in [1.807, 2.05) is 0 Å². The number of halogens is 1. The second-order valence-corrected chi connectivity index (χ2v) is 7.98. The average Bonchev–Trinajstić information content (AvgIpc) is 2.86. The van der Waals surface area contributed by atoms with Gasteiger partial charge in [-0.2, -0.15) is 0 Å². The summed E-state index contributed by atoms with van der Waals surface area (Å²) < 4.78 is 37.3. The summed E-state index contributed by atoms with van der Waals surface area (Å²) in [4.78, 5) is 12.1. The topological polar surface area (TPSA) is 78.9 Å². The van der Waals surface area contributed by atoms with Crippen LogP contribution in [0.5, 0.6) is 0 Å². The van der Waals surface area contributed by atoms with Gasteiger partial charge in [0.2, 0.25) is 0 Å².